The number of benzene rings is 1. The van der Waals surface area contributed by atoms with Crippen molar-refractivity contribution in [2.24, 2.45) is 0 Å². The second kappa shape index (κ2) is 6.98. The van der Waals surface area contributed by atoms with Gasteiger partial charge in [-0.15, -0.1) is 11.6 Å². The van der Waals surface area contributed by atoms with Crippen molar-refractivity contribution in [2.45, 2.75) is 12.5 Å². The first-order chi connectivity index (χ1) is 8.78. The van der Waals surface area contributed by atoms with E-state index in [1.165, 1.54) is 5.56 Å². The summed E-state index contributed by atoms with van der Waals surface area (Å²) in [7, 11) is 2.14. The zero-order valence-corrected chi connectivity index (χ0v) is 11.6. The lowest BCUT2D eigenvalue weighted by Gasteiger charge is -2.30. The van der Waals surface area contributed by atoms with Crippen LogP contribution in [0, 0.1) is 0 Å². The minimum absolute atomic E-state index is 0.284. The Kier molecular flexibility index (Phi) is 5.29. The van der Waals surface area contributed by atoms with Gasteiger partial charge in [0.25, 0.3) is 0 Å². The Morgan fingerprint density at radius 2 is 2.17 bits per heavy atom. The molecule has 0 saturated carbocycles. The number of rotatable bonds is 5. The monoisotopic (exact) mass is 268 g/mol. The third-order valence-electron chi connectivity index (χ3n) is 3.21. The molecule has 1 aliphatic heterocycles. The number of hydrogen-bond donors (Lipinski definition) is 1. The van der Waals surface area contributed by atoms with Crippen LogP contribution in [-0.4, -0.2) is 50.2 Å². The van der Waals surface area contributed by atoms with E-state index in [2.05, 4.69) is 41.5 Å². The molecule has 1 aromatic carbocycles. The number of nitrogens with zero attached hydrogens (tertiary/aromatic N) is 1. The maximum atomic E-state index is 5.72. The van der Waals surface area contributed by atoms with Crippen LogP contribution in [0.15, 0.2) is 24.3 Å². The van der Waals surface area contributed by atoms with Crippen molar-refractivity contribution in [3.63, 3.8) is 0 Å². The molecule has 0 bridgehead atoms. The van der Waals surface area contributed by atoms with E-state index in [0.29, 0.717) is 5.88 Å². The Balaban J connectivity index is 1.78. The van der Waals surface area contributed by atoms with E-state index < -0.39 is 0 Å². The number of anilines is 1. The SMILES string of the molecule is CN1CCOC(CNc2ccc(CCCl)cc2)C1. The van der Waals surface area contributed by atoms with Crippen molar-refractivity contribution in [1.82, 2.24) is 4.90 Å². The Bertz CT molecular complexity index is 355. The van der Waals surface area contributed by atoms with Gasteiger partial charge >= 0.3 is 0 Å². The fraction of sp³-hybridized carbons (Fsp3) is 0.571. The van der Waals surface area contributed by atoms with Crippen LogP contribution in [0.3, 0.4) is 0 Å². The second-order valence-corrected chi connectivity index (χ2v) is 5.15. The van der Waals surface area contributed by atoms with Gasteiger partial charge in [0.2, 0.25) is 0 Å². The summed E-state index contributed by atoms with van der Waals surface area (Å²) in [6, 6.07) is 8.46. The van der Waals surface area contributed by atoms with Gasteiger partial charge in [0.1, 0.15) is 0 Å². The lowest BCUT2D eigenvalue weighted by Crippen LogP contribution is -2.43. The number of morpholine rings is 1. The normalized spacial score (nSPS) is 20.9. The van der Waals surface area contributed by atoms with Gasteiger partial charge in [-0.2, -0.15) is 0 Å². The summed E-state index contributed by atoms with van der Waals surface area (Å²) in [6.45, 7) is 3.72. The molecule has 1 unspecified atom stereocenters. The van der Waals surface area contributed by atoms with Crippen molar-refractivity contribution >= 4 is 17.3 Å². The van der Waals surface area contributed by atoms with E-state index in [0.717, 1.165) is 38.3 Å². The molecule has 0 radical (unpaired) electrons. The van der Waals surface area contributed by atoms with Gasteiger partial charge in [-0.3, -0.25) is 0 Å². The molecule has 1 aliphatic rings. The summed E-state index contributed by atoms with van der Waals surface area (Å²) in [5, 5.41) is 3.42. The molecule has 0 spiro atoms. The average molecular weight is 269 g/mol. The molecule has 3 nitrogen and oxygen atoms in total. The average Bonchev–Trinajstić information content (AvgIpc) is 2.38. The maximum Gasteiger partial charge on any atom is 0.0874 e. The molecule has 18 heavy (non-hydrogen) atoms. The van der Waals surface area contributed by atoms with Crippen molar-refractivity contribution < 1.29 is 4.74 Å². The summed E-state index contributed by atoms with van der Waals surface area (Å²) >= 11 is 5.72. The highest BCUT2D eigenvalue weighted by molar-refractivity contribution is 6.17. The number of aryl methyl sites for hydroxylation is 1. The minimum atomic E-state index is 0.284. The number of halogens is 1. The number of ether oxygens (including phenoxy) is 1. The van der Waals surface area contributed by atoms with E-state index in [-0.39, 0.29) is 6.10 Å². The van der Waals surface area contributed by atoms with Crippen LogP contribution in [0.4, 0.5) is 5.69 Å². The van der Waals surface area contributed by atoms with Gasteiger partial charge in [0, 0.05) is 31.2 Å². The van der Waals surface area contributed by atoms with Crippen molar-refractivity contribution in [3.8, 4) is 0 Å². The van der Waals surface area contributed by atoms with Crippen LogP contribution < -0.4 is 5.32 Å². The highest BCUT2D eigenvalue weighted by Crippen LogP contribution is 2.11. The maximum absolute atomic E-state index is 5.72. The molecule has 2 rings (SSSR count). The Morgan fingerprint density at radius 3 is 2.83 bits per heavy atom. The molecule has 4 heteroatoms. The molecule has 100 valence electrons. The first-order valence-corrected chi connectivity index (χ1v) is 7.00. The standard InChI is InChI=1S/C14H21ClN2O/c1-17-8-9-18-14(11-17)10-16-13-4-2-12(3-5-13)6-7-15/h2-5,14,16H,6-11H2,1H3. The molecule has 1 fully saturated rings. The summed E-state index contributed by atoms with van der Waals surface area (Å²) in [4.78, 5) is 2.30. The minimum Gasteiger partial charge on any atom is -0.382 e. The quantitative estimate of drug-likeness (QED) is 0.829. The zero-order valence-electron chi connectivity index (χ0n) is 10.9. The van der Waals surface area contributed by atoms with Crippen molar-refractivity contribution in [3.05, 3.63) is 29.8 Å². The van der Waals surface area contributed by atoms with Crippen molar-refractivity contribution in [2.75, 3.05) is 44.5 Å². The molecular formula is C14H21ClN2O. The summed E-state index contributed by atoms with van der Waals surface area (Å²) in [5.41, 5.74) is 2.43. The summed E-state index contributed by atoms with van der Waals surface area (Å²) in [6.07, 6.45) is 1.21. The molecule has 1 aromatic rings. The largest absolute Gasteiger partial charge is 0.382 e. The Labute approximate surface area is 114 Å². The molecule has 1 heterocycles. The fourth-order valence-corrected chi connectivity index (χ4v) is 2.34. The Hall–Kier alpha value is -0.770. The molecule has 1 saturated heterocycles. The van der Waals surface area contributed by atoms with E-state index in [9.17, 15) is 0 Å². The number of alkyl halides is 1. The highest BCUT2D eigenvalue weighted by Gasteiger charge is 2.16. The van der Waals surface area contributed by atoms with Crippen LogP contribution >= 0.6 is 11.6 Å². The molecular weight excluding hydrogens is 248 g/mol. The van der Waals surface area contributed by atoms with Gasteiger partial charge in [0.15, 0.2) is 0 Å². The van der Waals surface area contributed by atoms with E-state index in [4.69, 9.17) is 16.3 Å². The first-order valence-electron chi connectivity index (χ1n) is 6.47. The predicted molar refractivity (Wildman–Crippen MR) is 76.6 cm³/mol. The van der Waals surface area contributed by atoms with Crippen LogP contribution in [0.5, 0.6) is 0 Å². The third-order valence-corrected chi connectivity index (χ3v) is 3.40. The van der Waals surface area contributed by atoms with Gasteiger partial charge in [-0.1, -0.05) is 12.1 Å². The molecule has 0 aliphatic carbocycles. The molecule has 0 amide bonds. The summed E-state index contributed by atoms with van der Waals surface area (Å²) in [5.74, 6) is 0.676. The van der Waals surface area contributed by atoms with Gasteiger partial charge in [-0.05, 0) is 31.2 Å². The highest BCUT2D eigenvalue weighted by atomic mass is 35.5. The topological polar surface area (TPSA) is 24.5 Å². The lowest BCUT2D eigenvalue weighted by molar-refractivity contribution is -0.0117. The fourth-order valence-electron chi connectivity index (χ4n) is 2.12. The smallest absolute Gasteiger partial charge is 0.0874 e. The number of nitrogens with one attached hydrogen (secondary N) is 1. The van der Waals surface area contributed by atoms with Crippen LogP contribution in [0.25, 0.3) is 0 Å². The van der Waals surface area contributed by atoms with E-state index >= 15 is 0 Å². The van der Waals surface area contributed by atoms with Crippen LogP contribution in [0.2, 0.25) is 0 Å². The molecule has 0 aromatic heterocycles. The van der Waals surface area contributed by atoms with E-state index in [1.54, 1.807) is 0 Å². The second-order valence-electron chi connectivity index (χ2n) is 4.77. The molecule has 1 atom stereocenters. The van der Waals surface area contributed by atoms with Crippen molar-refractivity contribution in [1.29, 1.82) is 0 Å². The predicted octanol–water partition coefficient (Wildman–Crippen LogP) is 2.21. The first kappa shape index (κ1) is 13.7. The zero-order chi connectivity index (χ0) is 12.8. The van der Waals surface area contributed by atoms with Gasteiger partial charge in [0.05, 0.1) is 12.7 Å². The van der Waals surface area contributed by atoms with E-state index in [1.807, 2.05) is 0 Å². The lowest BCUT2D eigenvalue weighted by atomic mass is 10.1. The van der Waals surface area contributed by atoms with Gasteiger partial charge < -0.3 is 15.0 Å². The summed E-state index contributed by atoms with van der Waals surface area (Å²) < 4.78 is 5.71. The van der Waals surface area contributed by atoms with Crippen LogP contribution in [0.1, 0.15) is 5.56 Å². The molecule has 1 N–H and O–H groups in total. The Morgan fingerprint density at radius 1 is 1.39 bits per heavy atom. The number of hydrogen-bond acceptors (Lipinski definition) is 3. The van der Waals surface area contributed by atoms with Crippen LogP contribution in [-0.2, 0) is 11.2 Å². The number of likely N-dealkylation sites (N-methyl/N-ethyl adjacent to an activating group) is 1. The van der Waals surface area contributed by atoms with Gasteiger partial charge in [-0.25, -0.2) is 0 Å². The third kappa shape index (κ3) is 4.16.